The van der Waals surface area contributed by atoms with Crippen molar-refractivity contribution < 1.29 is 4.39 Å². The van der Waals surface area contributed by atoms with Crippen molar-refractivity contribution in [2.75, 3.05) is 0 Å². The smallest absolute Gasteiger partial charge is 0.265 e. The van der Waals surface area contributed by atoms with Crippen LogP contribution in [0.5, 0.6) is 0 Å². The number of pyridine rings is 1. The number of nitrogens with zero attached hydrogens (tertiary/aromatic N) is 3. The van der Waals surface area contributed by atoms with E-state index in [0.29, 0.717) is 11.1 Å². The molecule has 2 aromatic heterocycles. The molecule has 0 N–H and O–H groups in total. The van der Waals surface area contributed by atoms with Crippen molar-refractivity contribution in [3.63, 3.8) is 0 Å². The average Bonchev–Trinajstić information content (AvgIpc) is 2.44. The van der Waals surface area contributed by atoms with E-state index >= 15 is 0 Å². The maximum atomic E-state index is 13.8. The van der Waals surface area contributed by atoms with Crippen LogP contribution in [0.1, 0.15) is 5.56 Å². The van der Waals surface area contributed by atoms with Crippen LogP contribution in [0.2, 0.25) is 0 Å². The van der Waals surface area contributed by atoms with Gasteiger partial charge in [-0.05, 0) is 12.5 Å². The lowest BCUT2D eigenvalue weighted by molar-refractivity contribution is 0.593. The Morgan fingerprint density at radius 3 is 2.55 bits per heavy atom. The van der Waals surface area contributed by atoms with E-state index in [1.165, 1.54) is 24.1 Å². The third kappa shape index (κ3) is 1.87. The Morgan fingerprint density at radius 1 is 1.15 bits per heavy atom. The Bertz CT molecular complexity index is 853. The Hall–Kier alpha value is -2.56. The van der Waals surface area contributed by atoms with Crippen LogP contribution in [0.25, 0.3) is 22.0 Å². The fourth-order valence-electron chi connectivity index (χ4n) is 2.12. The molecule has 3 rings (SSSR count). The van der Waals surface area contributed by atoms with Crippen LogP contribution in [-0.2, 0) is 7.05 Å². The van der Waals surface area contributed by atoms with Gasteiger partial charge in [0.25, 0.3) is 5.56 Å². The fraction of sp³-hybridized carbons (Fsp3) is 0.133. The molecule has 0 atom stereocenters. The van der Waals surface area contributed by atoms with Crippen molar-refractivity contribution in [3.05, 3.63) is 58.7 Å². The van der Waals surface area contributed by atoms with Gasteiger partial charge in [0.05, 0.1) is 11.8 Å². The zero-order valence-corrected chi connectivity index (χ0v) is 11.1. The minimum atomic E-state index is -0.787. The molecular formula is C15H12FN3O. The normalized spacial score (nSPS) is 10.9. The van der Waals surface area contributed by atoms with Gasteiger partial charge in [-0.25, -0.2) is 9.97 Å². The largest absolute Gasteiger partial charge is 0.302 e. The van der Waals surface area contributed by atoms with Crippen LogP contribution in [-0.4, -0.2) is 14.5 Å². The summed E-state index contributed by atoms with van der Waals surface area (Å²) < 4.78 is 15.1. The number of rotatable bonds is 1. The molecular weight excluding hydrogens is 257 g/mol. The first-order valence-electron chi connectivity index (χ1n) is 6.15. The Morgan fingerprint density at radius 2 is 1.85 bits per heavy atom. The molecule has 4 nitrogen and oxygen atoms in total. The van der Waals surface area contributed by atoms with Crippen molar-refractivity contribution in [3.8, 4) is 11.1 Å². The highest BCUT2D eigenvalue weighted by Gasteiger charge is 2.14. The monoisotopic (exact) mass is 269 g/mol. The van der Waals surface area contributed by atoms with Crippen LogP contribution in [0.15, 0.2) is 41.6 Å². The second-order valence-electron chi connectivity index (χ2n) is 4.71. The molecule has 0 fully saturated rings. The highest BCUT2D eigenvalue weighted by Crippen LogP contribution is 2.25. The quantitative estimate of drug-likeness (QED) is 0.637. The molecule has 100 valence electrons. The second kappa shape index (κ2) is 4.52. The van der Waals surface area contributed by atoms with Gasteiger partial charge < -0.3 is 4.57 Å². The maximum absolute atomic E-state index is 13.8. The van der Waals surface area contributed by atoms with Gasteiger partial charge in [0.15, 0.2) is 0 Å². The van der Waals surface area contributed by atoms with Crippen molar-refractivity contribution in [2.45, 2.75) is 6.92 Å². The van der Waals surface area contributed by atoms with Gasteiger partial charge in [-0.1, -0.05) is 29.8 Å². The van der Waals surface area contributed by atoms with Crippen LogP contribution in [0, 0.1) is 12.9 Å². The maximum Gasteiger partial charge on any atom is 0.265 e. The predicted molar refractivity (Wildman–Crippen MR) is 74.9 cm³/mol. The summed E-state index contributed by atoms with van der Waals surface area (Å²) in [5, 5.41) is -0.0759. The summed E-state index contributed by atoms with van der Waals surface area (Å²) in [6, 6.07) is 7.71. The van der Waals surface area contributed by atoms with Crippen molar-refractivity contribution >= 4 is 10.9 Å². The van der Waals surface area contributed by atoms with Gasteiger partial charge in [0.2, 0.25) is 5.95 Å². The molecule has 2 heterocycles. The first-order valence-corrected chi connectivity index (χ1v) is 6.15. The van der Waals surface area contributed by atoms with Crippen LogP contribution < -0.4 is 5.56 Å². The summed E-state index contributed by atoms with van der Waals surface area (Å²) >= 11 is 0. The van der Waals surface area contributed by atoms with E-state index in [9.17, 15) is 9.18 Å². The van der Waals surface area contributed by atoms with Crippen molar-refractivity contribution in [2.24, 2.45) is 7.05 Å². The molecule has 0 amide bonds. The molecule has 0 spiro atoms. The van der Waals surface area contributed by atoms with E-state index in [0.717, 1.165) is 11.1 Å². The fourth-order valence-corrected chi connectivity index (χ4v) is 2.12. The Labute approximate surface area is 114 Å². The number of halogens is 1. The Balaban J connectivity index is 2.38. The first-order chi connectivity index (χ1) is 9.58. The van der Waals surface area contributed by atoms with Gasteiger partial charge in [-0.3, -0.25) is 4.79 Å². The highest BCUT2D eigenvalue weighted by molar-refractivity contribution is 5.92. The number of aryl methyl sites for hydroxylation is 2. The summed E-state index contributed by atoms with van der Waals surface area (Å²) in [5.74, 6) is -0.787. The van der Waals surface area contributed by atoms with E-state index in [2.05, 4.69) is 9.97 Å². The summed E-state index contributed by atoms with van der Waals surface area (Å²) in [5.41, 5.74) is 2.53. The number of hydrogen-bond acceptors (Lipinski definition) is 3. The average molecular weight is 269 g/mol. The standard InChI is InChI=1S/C15H12FN3O/c1-9-3-5-10(6-4-9)11-7-17-14(16)12-13(11)18-8-19(2)15(12)20/h3-8H,1-2H3. The van der Waals surface area contributed by atoms with Crippen LogP contribution in [0.3, 0.4) is 0 Å². The summed E-state index contributed by atoms with van der Waals surface area (Å²) in [6.07, 6.45) is 2.80. The van der Waals surface area contributed by atoms with E-state index in [1.54, 1.807) is 0 Å². The topological polar surface area (TPSA) is 47.8 Å². The molecule has 0 bridgehead atoms. The lowest BCUT2D eigenvalue weighted by atomic mass is 10.0. The summed E-state index contributed by atoms with van der Waals surface area (Å²) in [4.78, 5) is 19.9. The van der Waals surface area contributed by atoms with E-state index in [4.69, 9.17) is 0 Å². The molecule has 5 heteroatoms. The second-order valence-corrected chi connectivity index (χ2v) is 4.71. The third-order valence-corrected chi connectivity index (χ3v) is 3.26. The van der Waals surface area contributed by atoms with Crippen LogP contribution >= 0.6 is 0 Å². The minimum absolute atomic E-state index is 0.0759. The number of benzene rings is 1. The van der Waals surface area contributed by atoms with Crippen molar-refractivity contribution in [1.82, 2.24) is 14.5 Å². The highest BCUT2D eigenvalue weighted by atomic mass is 19.1. The molecule has 0 radical (unpaired) electrons. The van der Waals surface area contributed by atoms with Crippen molar-refractivity contribution in [1.29, 1.82) is 0 Å². The third-order valence-electron chi connectivity index (χ3n) is 3.26. The number of hydrogen-bond donors (Lipinski definition) is 0. The van der Waals surface area contributed by atoms with Gasteiger partial charge in [0, 0.05) is 18.8 Å². The molecule has 1 aromatic carbocycles. The van der Waals surface area contributed by atoms with Gasteiger partial charge in [-0.2, -0.15) is 4.39 Å². The minimum Gasteiger partial charge on any atom is -0.302 e. The number of aromatic nitrogens is 3. The zero-order chi connectivity index (χ0) is 14.3. The molecule has 0 saturated heterocycles. The lowest BCUT2D eigenvalue weighted by Gasteiger charge is -2.07. The van der Waals surface area contributed by atoms with E-state index in [1.807, 2.05) is 31.2 Å². The molecule has 0 unspecified atom stereocenters. The number of fused-ring (bicyclic) bond motifs is 1. The molecule has 0 saturated carbocycles. The van der Waals surface area contributed by atoms with Gasteiger partial charge in [-0.15, -0.1) is 0 Å². The SMILES string of the molecule is Cc1ccc(-c2cnc(F)c3c(=O)n(C)cnc23)cc1. The molecule has 3 aromatic rings. The predicted octanol–water partition coefficient (Wildman–Crippen LogP) is 2.44. The van der Waals surface area contributed by atoms with Gasteiger partial charge in [0.1, 0.15) is 5.39 Å². The molecule has 0 aliphatic heterocycles. The van der Waals surface area contributed by atoms with E-state index in [-0.39, 0.29) is 5.39 Å². The molecule has 0 aliphatic rings. The van der Waals surface area contributed by atoms with Crippen LogP contribution in [0.4, 0.5) is 4.39 Å². The Kier molecular flexibility index (Phi) is 2.82. The molecule has 0 aliphatic carbocycles. The van der Waals surface area contributed by atoms with E-state index < -0.39 is 11.5 Å². The summed E-state index contributed by atoms with van der Waals surface area (Å²) in [7, 11) is 1.53. The lowest BCUT2D eigenvalue weighted by Crippen LogP contribution is -2.18. The zero-order valence-electron chi connectivity index (χ0n) is 11.1. The summed E-state index contributed by atoms with van der Waals surface area (Å²) in [6.45, 7) is 1.98. The van der Waals surface area contributed by atoms with Gasteiger partial charge >= 0.3 is 0 Å². The molecule has 20 heavy (non-hydrogen) atoms. The first kappa shape index (κ1) is 12.5.